The summed E-state index contributed by atoms with van der Waals surface area (Å²) < 4.78 is 8.42. The van der Waals surface area contributed by atoms with Gasteiger partial charge in [-0.3, -0.25) is 4.90 Å². The van der Waals surface area contributed by atoms with Gasteiger partial charge in [-0.2, -0.15) is 0 Å². The number of likely N-dealkylation sites (tertiary alicyclic amines) is 1. The molecule has 1 unspecified atom stereocenters. The minimum Gasteiger partial charge on any atom is -0.493 e. The molecular formula is C27H38N6O. The second-order valence-electron chi connectivity index (χ2n) is 10.1. The van der Waals surface area contributed by atoms with Crippen LogP contribution < -0.4 is 15.4 Å². The van der Waals surface area contributed by atoms with Crippen molar-refractivity contribution in [2.75, 3.05) is 58.7 Å². The second-order valence-corrected chi connectivity index (χ2v) is 10.1. The van der Waals surface area contributed by atoms with Gasteiger partial charge in [0.2, 0.25) is 5.95 Å². The average Bonchev–Trinajstić information content (AvgIpc) is 3.43. The van der Waals surface area contributed by atoms with Gasteiger partial charge in [0.05, 0.1) is 17.6 Å². The van der Waals surface area contributed by atoms with Crippen LogP contribution in [0.1, 0.15) is 18.4 Å². The molecule has 5 rings (SSSR count). The van der Waals surface area contributed by atoms with Crippen LogP contribution in [0.2, 0.25) is 0 Å². The van der Waals surface area contributed by atoms with Crippen molar-refractivity contribution in [2.45, 2.75) is 32.0 Å². The van der Waals surface area contributed by atoms with Gasteiger partial charge in [-0.25, -0.2) is 4.98 Å². The zero-order valence-electron chi connectivity index (χ0n) is 20.5. The van der Waals surface area contributed by atoms with Gasteiger partial charge in [0.15, 0.2) is 0 Å². The first-order chi connectivity index (χ1) is 16.6. The minimum atomic E-state index is 0.578. The van der Waals surface area contributed by atoms with Crippen LogP contribution in [0.5, 0.6) is 5.75 Å². The number of aromatic nitrogens is 2. The monoisotopic (exact) mass is 462 g/mol. The van der Waals surface area contributed by atoms with E-state index in [-0.39, 0.29) is 0 Å². The van der Waals surface area contributed by atoms with Gasteiger partial charge in [-0.15, -0.1) is 0 Å². The van der Waals surface area contributed by atoms with Gasteiger partial charge in [-0.1, -0.05) is 30.3 Å². The summed E-state index contributed by atoms with van der Waals surface area (Å²) >= 11 is 0. The molecular weight excluding hydrogens is 424 g/mol. The van der Waals surface area contributed by atoms with Gasteiger partial charge >= 0.3 is 0 Å². The molecule has 7 nitrogen and oxygen atoms in total. The van der Waals surface area contributed by atoms with Crippen molar-refractivity contribution < 1.29 is 4.74 Å². The molecule has 182 valence electrons. The van der Waals surface area contributed by atoms with E-state index in [9.17, 15) is 0 Å². The van der Waals surface area contributed by atoms with Crippen LogP contribution in [0.4, 0.5) is 5.95 Å². The van der Waals surface area contributed by atoms with E-state index in [0.29, 0.717) is 12.0 Å². The summed E-state index contributed by atoms with van der Waals surface area (Å²) in [5.41, 5.74) is 3.59. The third-order valence-electron chi connectivity index (χ3n) is 6.88. The molecule has 2 aromatic carbocycles. The first-order valence-electron chi connectivity index (χ1n) is 12.7. The van der Waals surface area contributed by atoms with Crippen molar-refractivity contribution >= 4 is 17.0 Å². The molecule has 0 bridgehead atoms. The molecule has 0 amide bonds. The minimum absolute atomic E-state index is 0.578. The highest BCUT2D eigenvalue weighted by atomic mass is 16.5. The Morgan fingerprint density at radius 1 is 1.15 bits per heavy atom. The molecule has 3 heterocycles. The molecule has 0 saturated carbocycles. The van der Waals surface area contributed by atoms with Crippen LogP contribution in [-0.4, -0.2) is 78.8 Å². The Labute approximate surface area is 203 Å². The topological polar surface area (TPSA) is 57.6 Å². The molecule has 1 saturated heterocycles. The maximum atomic E-state index is 6.11. The van der Waals surface area contributed by atoms with Gasteiger partial charge < -0.3 is 24.8 Å². The standard InChI is InChI=1S/C27H38N6O/c1-31(2)17-22-16-29-27-30-25-10-9-24(15-26(25)33(27)19-22)34-14-6-12-28-23-11-13-32(20-23)18-21-7-4-3-5-8-21/h3-5,7-10,15,22-23,28H,6,11-14,16-20H2,1-2H3,(H,29,30)/t22?,23-/m1/s1. The molecule has 2 N–H and O–H groups in total. The van der Waals surface area contributed by atoms with E-state index in [1.165, 1.54) is 18.5 Å². The highest BCUT2D eigenvalue weighted by Crippen LogP contribution is 2.28. The van der Waals surface area contributed by atoms with Crippen molar-refractivity contribution in [1.82, 2.24) is 24.7 Å². The first kappa shape index (κ1) is 23.1. The molecule has 34 heavy (non-hydrogen) atoms. The highest BCUT2D eigenvalue weighted by Gasteiger charge is 2.23. The number of hydrogen-bond donors (Lipinski definition) is 2. The molecule has 0 spiro atoms. The van der Waals surface area contributed by atoms with E-state index in [4.69, 9.17) is 9.72 Å². The fourth-order valence-electron chi connectivity index (χ4n) is 5.26. The van der Waals surface area contributed by atoms with E-state index in [0.717, 1.165) is 75.0 Å². The second kappa shape index (κ2) is 10.8. The van der Waals surface area contributed by atoms with Crippen molar-refractivity contribution in [1.29, 1.82) is 0 Å². The van der Waals surface area contributed by atoms with E-state index in [1.54, 1.807) is 0 Å². The third kappa shape index (κ3) is 5.71. The number of fused-ring (bicyclic) bond motifs is 3. The fourth-order valence-corrected chi connectivity index (χ4v) is 5.26. The van der Waals surface area contributed by atoms with Crippen molar-refractivity contribution in [3.8, 4) is 5.75 Å². The van der Waals surface area contributed by atoms with Crippen molar-refractivity contribution in [3.63, 3.8) is 0 Å². The Morgan fingerprint density at radius 3 is 2.88 bits per heavy atom. The van der Waals surface area contributed by atoms with Gasteiger partial charge in [0.25, 0.3) is 0 Å². The lowest BCUT2D eigenvalue weighted by Gasteiger charge is -2.27. The summed E-state index contributed by atoms with van der Waals surface area (Å²) in [6.45, 7) is 8.10. The Hall–Kier alpha value is -2.61. The third-order valence-corrected chi connectivity index (χ3v) is 6.88. The summed E-state index contributed by atoms with van der Waals surface area (Å²) in [7, 11) is 4.27. The van der Waals surface area contributed by atoms with E-state index >= 15 is 0 Å². The summed E-state index contributed by atoms with van der Waals surface area (Å²) in [5.74, 6) is 2.49. The Balaban J connectivity index is 1.06. The van der Waals surface area contributed by atoms with Crippen LogP contribution in [0.25, 0.3) is 11.0 Å². The summed E-state index contributed by atoms with van der Waals surface area (Å²) in [4.78, 5) is 9.56. The molecule has 7 heteroatoms. The normalized spacial score (nSPS) is 20.6. The summed E-state index contributed by atoms with van der Waals surface area (Å²) in [6.07, 6.45) is 2.23. The average molecular weight is 463 g/mol. The SMILES string of the molecule is CN(C)CC1CNc2nc3ccc(OCCCN[C@@H]4CCN(Cc5ccccc5)C4)cc3n2C1. The maximum absolute atomic E-state index is 6.11. The Morgan fingerprint density at radius 2 is 2.03 bits per heavy atom. The fraction of sp³-hybridized carbons (Fsp3) is 0.519. The smallest absolute Gasteiger partial charge is 0.203 e. The van der Waals surface area contributed by atoms with Crippen LogP contribution in [0, 0.1) is 5.92 Å². The number of nitrogens with one attached hydrogen (secondary N) is 2. The van der Waals surface area contributed by atoms with Crippen LogP contribution >= 0.6 is 0 Å². The quantitative estimate of drug-likeness (QED) is 0.451. The molecule has 2 aliphatic heterocycles. The number of ether oxygens (including phenoxy) is 1. The molecule has 2 aliphatic rings. The zero-order chi connectivity index (χ0) is 23.3. The Kier molecular flexibility index (Phi) is 7.33. The van der Waals surface area contributed by atoms with Gasteiger partial charge in [0.1, 0.15) is 5.75 Å². The maximum Gasteiger partial charge on any atom is 0.203 e. The van der Waals surface area contributed by atoms with Crippen molar-refractivity contribution in [2.24, 2.45) is 5.92 Å². The lowest BCUT2D eigenvalue weighted by atomic mass is 10.1. The molecule has 3 aromatic rings. The van der Waals surface area contributed by atoms with Crippen LogP contribution in [0.3, 0.4) is 0 Å². The molecule has 0 radical (unpaired) electrons. The van der Waals surface area contributed by atoms with Crippen molar-refractivity contribution in [3.05, 3.63) is 54.1 Å². The number of hydrogen-bond acceptors (Lipinski definition) is 6. The summed E-state index contributed by atoms with van der Waals surface area (Å²) in [6, 6.07) is 17.6. The molecule has 2 atom stereocenters. The van der Waals surface area contributed by atoms with E-state index in [1.807, 2.05) is 6.07 Å². The number of imidazole rings is 1. The van der Waals surface area contributed by atoms with Crippen LogP contribution in [-0.2, 0) is 13.1 Å². The molecule has 1 aromatic heterocycles. The number of benzene rings is 2. The van der Waals surface area contributed by atoms with Crippen LogP contribution in [0.15, 0.2) is 48.5 Å². The number of rotatable bonds is 10. The first-order valence-corrected chi connectivity index (χ1v) is 12.7. The lowest BCUT2D eigenvalue weighted by molar-refractivity contribution is 0.298. The van der Waals surface area contributed by atoms with Gasteiger partial charge in [-0.05, 0) is 51.2 Å². The predicted octanol–water partition coefficient (Wildman–Crippen LogP) is 3.27. The van der Waals surface area contributed by atoms with Gasteiger partial charge in [0, 0.05) is 57.3 Å². The van der Waals surface area contributed by atoms with E-state index < -0.39 is 0 Å². The zero-order valence-corrected chi connectivity index (χ0v) is 20.5. The number of nitrogens with zero attached hydrogens (tertiary/aromatic N) is 4. The van der Waals surface area contributed by atoms with E-state index in [2.05, 4.69) is 81.6 Å². The largest absolute Gasteiger partial charge is 0.493 e. The molecule has 1 fully saturated rings. The number of anilines is 1. The molecule has 0 aliphatic carbocycles. The summed E-state index contributed by atoms with van der Waals surface area (Å²) in [5, 5.41) is 7.23. The Bertz CT molecular complexity index is 1070. The lowest BCUT2D eigenvalue weighted by Crippen LogP contribution is -2.34. The highest BCUT2D eigenvalue weighted by molar-refractivity contribution is 5.80. The predicted molar refractivity (Wildman–Crippen MR) is 139 cm³/mol.